The second-order valence-corrected chi connectivity index (χ2v) is 6.59. The zero-order valence-electron chi connectivity index (χ0n) is 12.9. The Labute approximate surface area is 153 Å². The summed E-state index contributed by atoms with van der Waals surface area (Å²) in [7, 11) is 0. The third kappa shape index (κ3) is 5.57. The molecule has 0 saturated carbocycles. The first kappa shape index (κ1) is 20.0. The van der Waals surface area contributed by atoms with Gasteiger partial charge in [0.05, 0.1) is 15.6 Å². The van der Waals surface area contributed by atoms with Gasteiger partial charge < -0.3 is 15.0 Å². The van der Waals surface area contributed by atoms with E-state index >= 15 is 0 Å². The predicted molar refractivity (Wildman–Crippen MR) is 92.7 cm³/mol. The Bertz CT molecular complexity index is 779. The van der Waals surface area contributed by atoms with Crippen molar-refractivity contribution in [1.29, 1.82) is 5.26 Å². The van der Waals surface area contributed by atoms with Gasteiger partial charge in [-0.05, 0) is 32.9 Å². The second-order valence-electron chi connectivity index (χ2n) is 5.37. The van der Waals surface area contributed by atoms with Crippen molar-refractivity contribution in [3.63, 3.8) is 0 Å². The highest BCUT2D eigenvalue weighted by Gasteiger charge is 2.17. The van der Waals surface area contributed by atoms with E-state index in [4.69, 9.17) is 50.2 Å². The molecule has 0 spiro atoms. The van der Waals surface area contributed by atoms with E-state index in [1.54, 1.807) is 26.8 Å². The van der Waals surface area contributed by atoms with Crippen LogP contribution in [0.5, 0.6) is 0 Å². The molecule has 0 radical (unpaired) electrons. The van der Waals surface area contributed by atoms with Crippen LogP contribution in [0.25, 0.3) is 11.5 Å². The summed E-state index contributed by atoms with van der Waals surface area (Å²) in [6.45, 7) is 5.28. The first-order chi connectivity index (χ1) is 11.1. The molecule has 7 nitrogen and oxygen atoms in total. The summed E-state index contributed by atoms with van der Waals surface area (Å²) in [5.41, 5.74) is 5.41. The fourth-order valence-corrected chi connectivity index (χ4v) is 2.03. The maximum Gasteiger partial charge on any atom is 0.231 e. The Balaban J connectivity index is 0.000000351. The molecule has 2 N–H and O–H groups in total. The maximum atomic E-state index is 9.35. The maximum absolute atomic E-state index is 9.35. The number of benzene rings is 1. The molecular formula is C14H13Cl3N4O3. The number of nitriles is 1. The molecule has 2 rings (SSSR count). The Morgan fingerprint density at radius 3 is 2.38 bits per heavy atom. The summed E-state index contributed by atoms with van der Waals surface area (Å²) in [4.78, 5) is 17.5. The Morgan fingerprint density at radius 2 is 1.96 bits per heavy atom. The third-order valence-corrected chi connectivity index (χ3v) is 3.31. The van der Waals surface area contributed by atoms with E-state index in [9.17, 15) is 4.91 Å². The van der Waals surface area contributed by atoms with Crippen molar-refractivity contribution < 1.29 is 9.25 Å². The van der Waals surface area contributed by atoms with E-state index in [1.165, 1.54) is 12.1 Å². The van der Waals surface area contributed by atoms with Crippen LogP contribution in [0.15, 0.2) is 21.9 Å². The molecule has 0 saturated heterocycles. The van der Waals surface area contributed by atoms with Gasteiger partial charge in [0.15, 0.2) is 5.34 Å². The molecule has 0 fully saturated rings. The van der Waals surface area contributed by atoms with E-state index in [2.05, 4.69) is 15.2 Å². The fourth-order valence-electron chi connectivity index (χ4n) is 1.35. The Hall–Kier alpha value is -2.01. The van der Waals surface area contributed by atoms with Crippen molar-refractivity contribution >= 4 is 40.7 Å². The molecule has 0 unspecified atom stereocenters. The summed E-state index contributed by atoms with van der Waals surface area (Å²) in [5.74, 6) is 0.0307. The van der Waals surface area contributed by atoms with Gasteiger partial charge in [0.25, 0.3) is 0 Å². The van der Waals surface area contributed by atoms with Gasteiger partial charge >= 0.3 is 0 Å². The number of hydrogen-bond acceptors (Lipinski definition) is 7. The highest BCUT2D eigenvalue weighted by Crippen LogP contribution is 2.36. The molecule has 0 bridgehead atoms. The van der Waals surface area contributed by atoms with Crippen LogP contribution in [0.1, 0.15) is 26.5 Å². The minimum atomic E-state index is -0.429. The van der Waals surface area contributed by atoms with Gasteiger partial charge in [-0.15, -0.1) is 4.91 Å². The lowest BCUT2D eigenvalue weighted by Gasteiger charge is -2.11. The van der Waals surface area contributed by atoms with Gasteiger partial charge in [-0.2, -0.15) is 10.2 Å². The molecule has 24 heavy (non-hydrogen) atoms. The van der Waals surface area contributed by atoms with E-state index in [-0.39, 0.29) is 27.5 Å². The zero-order chi connectivity index (χ0) is 18.5. The average Bonchev–Trinajstić information content (AvgIpc) is 2.83. The van der Waals surface area contributed by atoms with Gasteiger partial charge in [0.1, 0.15) is 11.7 Å². The van der Waals surface area contributed by atoms with Crippen LogP contribution in [0.4, 0.5) is 5.88 Å². The summed E-state index contributed by atoms with van der Waals surface area (Å²) in [6, 6.07) is 4.82. The Kier molecular flexibility index (Phi) is 6.84. The van der Waals surface area contributed by atoms with E-state index in [0.717, 1.165) is 0 Å². The minimum absolute atomic E-state index is 0.00725. The van der Waals surface area contributed by atoms with E-state index in [1.807, 2.05) is 0 Å². The lowest BCUT2D eigenvalue weighted by Crippen LogP contribution is -2.14. The van der Waals surface area contributed by atoms with Gasteiger partial charge in [-0.3, -0.25) is 0 Å². The largest absolute Gasteiger partial charge is 0.419 e. The lowest BCUT2D eigenvalue weighted by molar-refractivity contribution is -0.00229. The number of oxazole rings is 1. The monoisotopic (exact) mass is 390 g/mol. The number of hydrogen-bond donors (Lipinski definition) is 1. The molecule has 0 aliphatic rings. The summed E-state index contributed by atoms with van der Waals surface area (Å²) in [6.07, 6.45) is 0. The number of nitrogens with two attached hydrogens (primary N) is 1. The highest BCUT2D eigenvalue weighted by atomic mass is 35.5. The molecule has 128 valence electrons. The van der Waals surface area contributed by atoms with Gasteiger partial charge in [-0.25, -0.2) is 0 Å². The molecule has 10 heteroatoms. The molecule has 0 aliphatic heterocycles. The van der Waals surface area contributed by atoms with Crippen LogP contribution in [-0.4, -0.2) is 10.6 Å². The van der Waals surface area contributed by atoms with Crippen LogP contribution >= 0.6 is 34.8 Å². The highest BCUT2D eigenvalue weighted by molar-refractivity contribution is 6.44. The van der Waals surface area contributed by atoms with Crippen molar-refractivity contribution in [1.82, 2.24) is 4.98 Å². The smallest absolute Gasteiger partial charge is 0.231 e. The standard InChI is InChI=1S/C10H4Cl3N3O.C4H9NO2/c11-4-1-5(8(13)6(12)2-4)10-16-7(3-14)9(15)17-10;1-4(2,3)7-5-6/h1-2H,15H2;1-3H3. The van der Waals surface area contributed by atoms with Crippen LogP contribution < -0.4 is 5.73 Å². The quantitative estimate of drug-likeness (QED) is 0.425. The number of rotatable bonds is 2. The van der Waals surface area contributed by atoms with E-state index < -0.39 is 5.60 Å². The first-order valence-corrected chi connectivity index (χ1v) is 7.54. The average molecular weight is 392 g/mol. The van der Waals surface area contributed by atoms with Crippen molar-refractivity contribution in [2.45, 2.75) is 26.4 Å². The topological polar surface area (TPSA) is 114 Å². The number of anilines is 1. The SMILES string of the molecule is CC(C)(C)ON=O.N#Cc1nc(-c2cc(Cl)cc(Cl)c2Cl)oc1N. The normalized spacial score (nSPS) is 10.4. The molecule has 2 aromatic rings. The number of nitrogens with zero attached hydrogens (tertiary/aromatic N) is 3. The summed E-state index contributed by atoms with van der Waals surface area (Å²) < 4.78 is 5.12. The molecule has 1 heterocycles. The van der Waals surface area contributed by atoms with Crippen molar-refractivity contribution in [2.75, 3.05) is 5.73 Å². The second kappa shape index (κ2) is 8.20. The van der Waals surface area contributed by atoms with Crippen molar-refractivity contribution in [3.05, 3.63) is 37.8 Å². The summed E-state index contributed by atoms with van der Waals surface area (Å²) in [5, 5.41) is 11.9. The number of halogens is 3. The zero-order valence-corrected chi connectivity index (χ0v) is 15.2. The lowest BCUT2D eigenvalue weighted by atomic mass is 10.2. The molecule has 0 aliphatic carbocycles. The molecule has 1 aromatic heterocycles. The minimum Gasteiger partial charge on any atom is -0.419 e. The number of aromatic nitrogens is 1. The van der Waals surface area contributed by atoms with Crippen LogP contribution in [0.3, 0.4) is 0 Å². The van der Waals surface area contributed by atoms with Gasteiger partial charge in [0, 0.05) is 5.02 Å². The molecule has 0 atom stereocenters. The van der Waals surface area contributed by atoms with Gasteiger partial charge in [0.2, 0.25) is 17.5 Å². The molecular weight excluding hydrogens is 379 g/mol. The van der Waals surface area contributed by atoms with Crippen LogP contribution in [0, 0.1) is 16.2 Å². The van der Waals surface area contributed by atoms with E-state index in [0.29, 0.717) is 10.6 Å². The Morgan fingerprint density at radius 1 is 1.33 bits per heavy atom. The number of nitrogen functional groups attached to an aromatic ring is 1. The molecule has 0 amide bonds. The fraction of sp³-hybridized carbons (Fsp3) is 0.286. The van der Waals surface area contributed by atoms with Crippen molar-refractivity contribution in [3.8, 4) is 17.5 Å². The van der Waals surface area contributed by atoms with Gasteiger partial charge in [-0.1, -0.05) is 34.8 Å². The van der Waals surface area contributed by atoms with Crippen LogP contribution in [-0.2, 0) is 4.84 Å². The van der Waals surface area contributed by atoms with Crippen molar-refractivity contribution in [2.24, 2.45) is 5.34 Å². The molecule has 1 aromatic carbocycles. The summed E-state index contributed by atoms with van der Waals surface area (Å²) >= 11 is 17.7. The van der Waals surface area contributed by atoms with Crippen LogP contribution in [0.2, 0.25) is 15.1 Å². The predicted octanol–water partition coefficient (Wildman–Crippen LogP) is 5.24. The third-order valence-electron chi connectivity index (χ3n) is 2.29. The first-order valence-electron chi connectivity index (χ1n) is 6.41.